The van der Waals surface area contributed by atoms with Crippen molar-refractivity contribution in [2.45, 2.75) is 12.4 Å². The molecule has 94 valence electrons. The van der Waals surface area contributed by atoms with E-state index >= 15 is 0 Å². The van der Waals surface area contributed by atoms with Gasteiger partial charge in [-0.1, -0.05) is 12.1 Å². The molecule has 0 unspecified atom stereocenters. The average Bonchev–Trinajstić information content (AvgIpc) is 2.41. The van der Waals surface area contributed by atoms with Crippen molar-refractivity contribution in [2.24, 2.45) is 0 Å². The van der Waals surface area contributed by atoms with Crippen LogP contribution >= 0.6 is 11.6 Å². The van der Waals surface area contributed by atoms with Crippen LogP contribution in [0.15, 0.2) is 36.8 Å². The maximum Gasteiger partial charge on any atom is 0.136 e. The van der Waals surface area contributed by atoms with Gasteiger partial charge in [0.2, 0.25) is 0 Å². The summed E-state index contributed by atoms with van der Waals surface area (Å²) < 4.78 is 12.8. The first-order valence-electron chi connectivity index (χ1n) is 5.51. The Hall–Kier alpha value is -1.68. The Morgan fingerprint density at radius 1 is 1.28 bits per heavy atom. The van der Waals surface area contributed by atoms with Gasteiger partial charge in [-0.15, -0.1) is 11.6 Å². The third-order valence-corrected chi connectivity index (χ3v) is 2.89. The summed E-state index contributed by atoms with van der Waals surface area (Å²) in [5.41, 5.74) is 1.89. The molecule has 1 aromatic heterocycles. The number of nitrogens with zero attached hydrogens (tertiary/aromatic N) is 3. The normalized spacial score (nSPS) is 10.4. The molecule has 0 saturated heterocycles. The van der Waals surface area contributed by atoms with E-state index in [1.807, 2.05) is 11.9 Å². The van der Waals surface area contributed by atoms with Crippen LogP contribution in [-0.2, 0) is 12.4 Å². The third-order valence-electron chi connectivity index (χ3n) is 2.60. The highest BCUT2D eigenvalue weighted by Crippen LogP contribution is 2.18. The lowest BCUT2D eigenvalue weighted by Gasteiger charge is -2.20. The largest absolute Gasteiger partial charge is 0.355 e. The molecule has 0 aliphatic rings. The van der Waals surface area contributed by atoms with Gasteiger partial charge in [-0.3, -0.25) is 0 Å². The summed E-state index contributed by atoms with van der Waals surface area (Å²) in [6.45, 7) is 0.640. The number of benzene rings is 1. The van der Waals surface area contributed by atoms with E-state index in [1.165, 1.54) is 18.5 Å². The smallest absolute Gasteiger partial charge is 0.136 e. The molecule has 1 heterocycles. The van der Waals surface area contributed by atoms with Gasteiger partial charge in [-0.2, -0.15) is 0 Å². The Bertz CT molecular complexity index is 516. The Labute approximate surface area is 110 Å². The van der Waals surface area contributed by atoms with E-state index in [4.69, 9.17) is 11.6 Å². The van der Waals surface area contributed by atoms with Crippen LogP contribution in [0, 0.1) is 5.82 Å². The monoisotopic (exact) mass is 265 g/mol. The maximum atomic E-state index is 12.8. The Morgan fingerprint density at radius 3 is 2.67 bits per heavy atom. The second kappa shape index (κ2) is 5.78. The molecular weight excluding hydrogens is 253 g/mol. The van der Waals surface area contributed by atoms with E-state index in [9.17, 15) is 4.39 Å². The molecule has 2 aromatic rings. The highest BCUT2D eigenvalue weighted by Gasteiger charge is 2.08. The van der Waals surface area contributed by atoms with Crippen molar-refractivity contribution in [2.75, 3.05) is 11.9 Å². The van der Waals surface area contributed by atoms with Crippen LogP contribution < -0.4 is 4.90 Å². The van der Waals surface area contributed by atoms with Crippen molar-refractivity contribution >= 4 is 17.4 Å². The van der Waals surface area contributed by atoms with Crippen LogP contribution in [0.2, 0.25) is 0 Å². The first-order chi connectivity index (χ1) is 8.70. The van der Waals surface area contributed by atoms with E-state index in [0.717, 1.165) is 16.9 Å². The molecule has 0 atom stereocenters. The molecule has 0 spiro atoms. The van der Waals surface area contributed by atoms with Crippen molar-refractivity contribution in [3.63, 3.8) is 0 Å². The molecule has 3 nitrogen and oxygen atoms in total. The average molecular weight is 266 g/mol. The number of anilines is 1. The summed E-state index contributed by atoms with van der Waals surface area (Å²) in [6, 6.07) is 6.41. The highest BCUT2D eigenvalue weighted by atomic mass is 35.5. The fraction of sp³-hybridized carbons (Fsp3) is 0.231. The van der Waals surface area contributed by atoms with E-state index in [-0.39, 0.29) is 5.82 Å². The van der Waals surface area contributed by atoms with E-state index < -0.39 is 0 Å². The number of hydrogen-bond acceptors (Lipinski definition) is 3. The van der Waals surface area contributed by atoms with E-state index in [1.54, 1.807) is 18.3 Å². The summed E-state index contributed by atoms with van der Waals surface area (Å²) in [4.78, 5) is 10.1. The van der Waals surface area contributed by atoms with Gasteiger partial charge in [0.15, 0.2) is 0 Å². The minimum atomic E-state index is -0.232. The van der Waals surface area contributed by atoms with Crippen molar-refractivity contribution < 1.29 is 4.39 Å². The molecule has 0 N–H and O–H groups in total. The summed E-state index contributed by atoms with van der Waals surface area (Å²) in [5, 5.41) is 0. The van der Waals surface area contributed by atoms with Gasteiger partial charge in [-0.25, -0.2) is 14.4 Å². The molecule has 0 saturated carbocycles. The molecule has 0 aliphatic heterocycles. The van der Waals surface area contributed by atoms with Gasteiger partial charge in [-0.05, 0) is 17.7 Å². The predicted octanol–water partition coefficient (Wildman–Crippen LogP) is 2.99. The van der Waals surface area contributed by atoms with Crippen LogP contribution in [0.25, 0.3) is 0 Å². The van der Waals surface area contributed by atoms with Gasteiger partial charge in [0.05, 0.1) is 5.88 Å². The summed E-state index contributed by atoms with van der Waals surface area (Å²) in [6.07, 6.45) is 3.20. The molecular formula is C13H13ClFN3. The van der Waals surface area contributed by atoms with Crippen LogP contribution in [0.5, 0.6) is 0 Å². The van der Waals surface area contributed by atoms with Gasteiger partial charge in [0.1, 0.15) is 18.0 Å². The summed E-state index contributed by atoms with van der Waals surface area (Å²) in [5.74, 6) is 0.929. The van der Waals surface area contributed by atoms with Gasteiger partial charge in [0.25, 0.3) is 0 Å². The topological polar surface area (TPSA) is 29.0 Å². The Morgan fingerprint density at radius 2 is 2.00 bits per heavy atom. The number of alkyl halides is 1. The molecule has 2 rings (SSSR count). The van der Waals surface area contributed by atoms with Crippen molar-refractivity contribution in [1.82, 2.24) is 9.97 Å². The number of rotatable bonds is 4. The SMILES string of the molecule is CN(Cc1ccc(F)cc1)c1ncncc1CCl. The second-order valence-electron chi connectivity index (χ2n) is 3.99. The zero-order chi connectivity index (χ0) is 13.0. The number of halogens is 2. The number of aromatic nitrogens is 2. The van der Waals surface area contributed by atoms with Crippen molar-refractivity contribution in [3.8, 4) is 0 Å². The number of hydrogen-bond donors (Lipinski definition) is 0. The minimum absolute atomic E-state index is 0.232. The van der Waals surface area contributed by atoms with Crippen LogP contribution in [0.1, 0.15) is 11.1 Å². The molecule has 0 bridgehead atoms. The minimum Gasteiger partial charge on any atom is -0.355 e. The molecule has 0 radical (unpaired) electrons. The first-order valence-corrected chi connectivity index (χ1v) is 6.04. The summed E-state index contributed by atoms with van der Waals surface area (Å²) >= 11 is 5.84. The molecule has 5 heteroatoms. The van der Waals surface area contributed by atoms with Crippen LogP contribution in [-0.4, -0.2) is 17.0 Å². The lowest BCUT2D eigenvalue weighted by atomic mass is 10.2. The quantitative estimate of drug-likeness (QED) is 0.796. The van der Waals surface area contributed by atoms with Crippen LogP contribution in [0.4, 0.5) is 10.2 Å². The van der Waals surface area contributed by atoms with Crippen LogP contribution in [0.3, 0.4) is 0 Å². The summed E-state index contributed by atoms with van der Waals surface area (Å²) in [7, 11) is 1.92. The fourth-order valence-electron chi connectivity index (χ4n) is 1.73. The zero-order valence-electron chi connectivity index (χ0n) is 9.98. The Kier molecular flexibility index (Phi) is 4.10. The highest BCUT2D eigenvalue weighted by molar-refractivity contribution is 6.17. The van der Waals surface area contributed by atoms with E-state index in [2.05, 4.69) is 9.97 Å². The van der Waals surface area contributed by atoms with Crippen molar-refractivity contribution in [1.29, 1.82) is 0 Å². The second-order valence-corrected chi connectivity index (χ2v) is 4.26. The molecule has 18 heavy (non-hydrogen) atoms. The van der Waals surface area contributed by atoms with Gasteiger partial charge >= 0.3 is 0 Å². The molecule has 0 amide bonds. The Balaban J connectivity index is 2.16. The lowest BCUT2D eigenvalue weighted by Crippen LogP contribution is -2.19. The first kappa shape index (κ1) is 12.8. The van der Waals surface area contributed by atoms with E-state index in [0.29, 0.717) is 12.4 Å². The zero-order valence-corrected chi connectivity index (χ0v) is 10.7. The third kappa shape index (κ3) is 2.96. The molecule has 0 aliphatic carbocycles. The van der Waals surface area contributed by atoms with Gasteiger partial charge < -0.3 is 4.90 Å². The maximum absolute atomic E-state index is 12.8. The standard InChI is InChI=1S/C13H13ClFN3/c1-18(8-10-2-4-12(15)5-3-10)13-11(6-14)7-16-9-17-13/h2-5,7,9H,6,8H2,1H3. The predicted molar refractivity (Wildman–Crippen MR) is 70.1 cm³/mol. The fourth-order valence-corrected chi connectivity index (χ4v) is 1.92. The molecule has 0 fully saturated rings. The lowest BCUT2D eigenvalue weighted by molar-refractivity contribution is 0.627. The van der Waals surface area contributed by atoms with Gasteiger partial charge in [0, 0.05) is 25.4 Å². The van der Waals surface area contributed by atoms with Crippen molar-refractivity contribution in [3.05, 3.63) is 53.7 Å². The molecule has 1 aromatic carbocycles.